The zero-order valence-corrected chi connectivity index (χ0v) is 15.6. The average Bonchev–Trinajstić information content (AvgIpc) is 2.62. The molecule has 1 aromatic carbocycles. The SMILES string of the molecule is Cc1ccc(C(=O)NC2C[C@H]3CCC[C@@H](C2)[NH+]3C2CCCCC2)cc1. The fourth-order valence-corrected chi connectivity index (χ4v) is 5.76. The first-order valence-electron chi connectivity index (χ1n) is 10.4. The Balaban J connectivity index is 1.40. The number of hydrogen-bond donors (Lipinski definition) is 2. The molecule has 136 valence electrons. The monoisotopic (exact) mass is 341 g/mol. The molecule has 2 saturated heterocycles. The molecule has 0 radical (unpaired) electrons. The third-order valence-electron chi connectivity index (χ3n) is 6.91. The van der Waals surface area contributed by atoms with E-state index in [0.29, 0.717) is 6.04 Å². The highest BCUT2D eigenvalue weighted by Gasteiger charge is 2.45. The third-order valence-corrected chi connectivity index (χ3v) is 6.91. The van der Waals surface area contributed by atoms with E-state index in [1.54, 1.807) is 0 Å². The maximum absolute atomic E-state index is 12.6. The van der Waals surface area contributed by atoms with Crippen molar-refractivity contribution in [2.24, 2.45) is 0 Å². The minimum atomic E-state index is 0.115. The Morgan fingerprint density at radius 1 is 0.880 bits per heavy atom. The van der Waals surface area contributed by atoms with E-state index < -0.39 is 0 Å². The molecular formula is C22H33N2O+. The van der Waals surface area contributed by atoms with Crippen molar-refractivity contribution in [3.63, 3.8) is 0 Å². The molecule has 2 heterocycles. The van der Waals surface area contributed by atoms with E-state index in [4.69, 9.17) is 0 Å². The van der Waals surface area contributed by atoms with Crippen LogP contribution < -0.4 is 10.2 Å². The highest BCUT2D eigenvalue weighted by Crippen LogP contribution is 2.26. The standard InChI is InChI=1S/C22H32N2O/c1-16-10-12-17(13-11-16)22(25)23-18-14-20-8-5-9-21(15-18)24(20)19-6-3-2-4-7-19/h10-13,18-21H,2-9,14-15H2,1H3,(H,23,25)/p+1/t18?,20-,21+. The van der Waals surface area contributed by atoms with E-state index in [1.807, 2.05) is 29.2 Å². The van der Waals surface area contributed by atoms with Crippen LogP contribution >= 0.6 is 0 Å². The van der Waals surface area contributed by atoms with Gasteiger partial charge >= 0.3 is 0 Å². The number of carbonyl (C=O) groups excluding carboxylic acids is 1. The van der Waals surface area contributed by atoms with E-state index in [0.717, 1.165) is 23.7 Å². The van der Waals surface area contributed by atoms with Crippen molar-refractivity contribution >= 4 is 5.91 Å². The van der Waals surface area contributed by atoms with Crippen molar-refractivity contribution in [3.8, 4) is 0 Å². The molecule has 2 unspecified atom stereocenters. The molecule has 2 aliphatic heterocycles. The fourth-order valence-electron chi connectivity index (χ4n) is 5.76. The predicted molar refractivity (Wildman–Crippen MR) is 101 cm³/mol. The number of aryl methyl sites for hydroxylation is 1. The van der Waals surface area contributed by atoms with Gasteiger partial charge in [0.15, 0.2) is 0 Å². The summed E-state index contributed by atoms with van der Waals surface area (Å²) in [7, 11) is 0. The summed E-state index contributed by atoms with van der Waals surface area (Å²) in [5.41, 5.74) is 2.01. The van der Waals surface area contributed by atoms with Crippen LogP contribution in [0.15, 0.2) is 24.3 Å². The number of rotatable bonds is 3. The molecule has 1 amide bonds. The number of fused-ring (bicyclic) bond motifs is 2. The van der Waals surface area contributed by atoms with E-state index >= 15 is 0 Å². The molecule has 1 saturated carbocycles. The summed E-state index contributed by atoms with van der Waals surface area (Å²) in [6.45, 7) is 2.06. The van der Waals surface area contributed by atoms with Crippen molar-refractivity contribution in [1.82, 2.24) is 5.32 Å². The maximum Gasteiger partial charge on any atom is 0.251 e. The summed E-state index contributed by atoms with van der Waals surface area (Å²) in [4.78, 5) is 14.5. The summed E-state index contributed by atoms with van der Waals surface area (Å²) in [6.07, 6.45) is 13.6. The fraction of sp³-hybridized carbons (Fsp3) is 0.682. The third kappa shape index (κ3) is 3.76. The van der Waals surface area contributed by atoms with Gasteiger partial charge in [-0.2, -0.15) is 0 Å². The first-order chi connectivity index (χ1) is 12.2. The number of nitrogens with one attached hydrogen (secondary N) is 2. The van der Waals surface area contributed by atoms with Crippen molar-refractivity contribution in [2.75, 3.05) is 0 Å². The maximum atomic E-state index is 12.6. The number of benzene rings is 1. The molecule has 4 rings (SSSR count). The lowest BCUT2D eigenvalue weighted by molar-refractivity contribution is -0.984. The minimum absolute atomic E-state index is 0.115. The molecule has 1 aromatic rings. The second-order valence-corrected chi connectivity index (χ2v) is 8.67. The molecule has 25 heavy (non-hydrogen) atoms. The lowest BCUT2D eigenvalue weighted by Crippen LogP contribution is -3.24. The van der Waals surface area contributed by atoms with Crippen LogP contribution in [-0.2, 0) is 0 Å². The summed E-state index contributed by atoms with van der Waals surface area (Å²) in [6, 6.07) is 10.8. The highest BCUT2D eigenvalue weighted by atomic mass is 16.1. The van der Waals surface area contributed by atoms with Gasteiger partial charge in [0.05, 0.1) is 18.1 Å². The molecule has 3 aliphatic rings. The van der Waals surface area contributed by atoms with Crippen LogP contribution in [0.2, 0.25) is 0 Å². The summed E-state index contributed by atoms with van der Waals surface area (Å²) in [5.74, 6) is 0.115. The molecule has 2 N–H and O–H groups in total. The van der Waals surface area contributed by atoms with Gasteiger partial charge in [-0.25, -0.2) is 0 Å². The van der Waals surface area contributed by atoms with Gasteiger partial charge in [-0.05, 0) is 64.0 Å². The molecule has 0 spiro atoms. The summed E-state index contributed by atoms with van der Waals surface area (Å²) >= 11 is 0. The van der Waals surface area contributed by atoms with Gasteiger partial charge in [0.2, 0.25) is 0 Å². The number of piperidine rings is 2. The van der Waals surface area contributed by atoms with Gasteiger partial charge < -0.3 is 10.2 Å². The highest BCUT2D eigenvalue weighted by molar-refractivity contribution is 5.94. The zero-order valence-electron chi connectivity index (χ0n) is 15.6. The van der Waals surface area contributed by atoms with Gasteiger partial charge in [0.1, 0.15) is 0 Å². The predicted octanol–water partition coefficient (Wildman–Crippen LogP) is 3.03. The van der Waals surface area contributed by atoms with Gasteiger partial charge in [-0.3, -0.25) is 4.79 Å². The zero-order chi connectivity index (χ0) is 17.2. The molecule has 0 aromatic heterocycles. The lowest BCUT2D eigenvalue weighted by atomic mass is 9.78. The van der Waals surface area contributed by atoms with Gasteiger partial charge in [-0.1, -0.05) is 24.1 Å². The number of hydrogen-bond acceptors (Lipinski definition) is 1. The Bertz CT molecular complexity index is 577. The summed E-state index contributed by atoms with van der Waals surface area (Å²) in [5, 5.41) is 3.35. The molecule has 4 atom stereocenters. The van der Waals surface area contributed by atoms with Crippen LogP contribution in [0.25, 0.3) is 0 Å². The van der Waals surface area contributed by atoms with Crippen LogP contribution in [0.5, 0.6) is 0 Å². The Hall–Kier alpha value is -1.35. The topological polar surface area (TPSA) is 33.5 Å². The van der Waals surface area contributed by atoms with E-state index in [1.165, 1.54) is 69.8 Å². The van der Waals surface area contributed by atoms with Crippen molar-refractivity contribution in [2.45, 2.75) is 95.3 Å². The Kier molecular flexibility index (Phi) is 5.12. The average molecular weight is 342 g/mol. The van der Waals surface area contributed by atoms with Crippen LogP contribution in [0.3, 0.4) is 0 Å². The first kappa shape index (κ1) is 17.1. The van der Waals surface area contributed by atoms with E-state index in [9.17, 15) is 4.79 Å². The largest absolute Gasteiger partial charge is 0.349 e. The smallest absolute Gasteiger partial charge is 0.251 e. The Morgan fingerprint density at radius 2 is 1.48 bits per heavy atom. The van der Waals surface area contributed by atoms with Crippen molar-refractivity contribution in [1.29, 1.82) is 0 Å². The Morgan fingerprint density at radius 3 is 2.12 bits per heavy atom. The van der Waals surface area contributed by atoms with Gasteiger partial charge in [0, 0.05) is 24.4 Å². The minimum Gasteiger partial charge on any atom is -0.349 e. The van der Waals surface area contributed by atoms with E-state index in [-0.39, 0.29) is 5.91 Å². The molecule has 3 fully saturated rings. The van der Waals surface area contributed by atoms with Crippen LogP contribution in [-0.4, -0.2) is 30.1 Å². The molecular weight excluding hydrogens is 308 g/mol. The molecule has 3 nitrogen and oxygen atoms in total. The second kappa shape index (κ2) is 7.49. The van der Waals surface area contributed by atoms with Crippen LogP contribution in [0.1, 0.15) is 80.1 Å². The molecule has 1 aliphatic carbocycles. The Labute approximate surface area is 152 Å². The summed E-state index contributed by atoms with van der Waals surface area (Å²) < 4.78 is 0. The van der Waals surface area contributed by atoms with E-state index in [2.05, 4.69) is 12.2 Å². The lowest BCUT2D eigenvalue weighted by Gasteiger charge is -2.50. The van der Waals surface area contributed by atoms with Gasteiger partial charge in [-0.15, -0.1) is 0 Å². The quantitative estimate of drug-likeness (QED) is 0.870. The second-order valence-electron chi connectivity index (χ2n) is 8.67. The molecule has 3 heteroatoms. The number of amides is 1. The van der Waals surface area contributed by atoms with Gasteiger partial charge in [0.25, 0.3) is 5.91 Å². The first-order valence-corrected chi connectivity index (χ1v) is 10.4. The van der Waals surface area contributed by atoms with Crippen molar-refractivity contribution < 1.29 is 9.69 Å². The molecule has 2 bridgehead atoms. The number of carbonyl (C=O) groups is 1. The van der Waals surface area contributed by atoms with Crippen LogP contribution in [0.4, 0.5) is 0 Å². The number of quaternary nitrogens is 1. The normalized spacial score (nSPS) is 33.0. The van der Waals surface area contributed by atoms with Crippen molar-refractivity contribution in [3.05, 3.63) is 35.4 Å². The van der Waals surface area contributed by atoms with Crippen LogP contribution in [0, 0.1) is 6.92 Å².